The van der Waals surface area contributed by atoms with Gasteiger partial charge in [-0.2, -0.15) is 0 Å². The summed E-state index contributed by atoms with van der Waals surface area (Å²) in [5, 5.41) is 13.1. The first-order valence-electron chi connectivity index (χ1n) is 5.44. The number of hydrogen-bond acceptors (Lipinski definition) is 4. The molecule has 0 aromatic heterocycles. The minimum absolute atomic E-state index is 0.0436. The van der Waals surface area contributed by atoms with E-state index in [1.165, 1.54) is 13.1 Å². The van der Waals surface area contributed by atoms with E-state index in [1.54, 1.807) is 0 Å². The molecule has 0 saturated carbocycles. The molecular weight excluding hydrogens is 200 g/mol. The Morgan fingerprint density at radius 2 is 2.40 bits per heavy atom. The first-order valence-corrected chi connectivity index (χ1v) is 3.94. The third-order valence-corrected chi connectivity index (χ3v) is 1.75. The number of rotatable bonds is 3. The average molecular weight is 213 g/mol. The van der Waals surface area contributed by atoms with Crippen LogP contribution in [0, 0.1) is 10.1 Å². The molecule has 6 nitrogen and oxygen atoms in total. The van der Waals surface area contributed by atoms with Gasteiger partial charge in [0.1, 0.15) is 0 Å². The van der Waals surface area contributed by atoms with Gasteiger partial charge in [-0.1, -0.05) is 0 Å². The average Bonchev–Trinajstić information content (AvgIpc) is 2.26. The number of nitro benzene ring substituents is 1. The number of hydrogen-bond donors (Lipinski definition) is 1. The van der Waals surface area contributed by atoms with Gasteiger partial charge in [0.05, 0.1) is 16.1 Å². The van der Waals surface area contributed by atoms with E-state index in [-0.39, 0.29) is 5.56 Å². The van der Waals surface area contributed by atoms with E-state index in [0.717, 1.165) is 12.1 Å². The summed E-state index contributed by atoms with van der Waals surface area (Å²) in [6.45, 7) is 0. The van der Waals surface area contributed by atoms with Gasteiger partial charge in [-0.15, -0.1) is 0 Å². The molecule has 0 aliphatic rings. The normalized spacial score (nSPS) is 13.3. The molecule has 80 valence electrons. The minimum Gasteiger partial charge on any atom is -0.490 e. The van der Waals surface area contributed by atoms with E-state index in [2.05, 4.69) is 10.1 Å². The molecule has 1 aromatic carbocycles. The molecule has 0 saturated heterocycles. The molecule has 0 atom stereocenters. The zero-order chi connectivity index (χ0) is 13.9. The van der Waals surface area contributed by atoms with E-state index in [4.69, 9.17) is 4.11 Å². The van der Waals surface area contributed by atoms with Crippen LogP contribution < -0.4 is 10.1 Å². The Morgan fingerprint density at radius 3 is 2.93 bits per heavy atom. The number of carbonyl (C=O) groups is 1. The molecule has 0 spiro atoms. The maximum absolute atomic E-state index is 11.3. The lowest BCUT2D eigenvalue weighted by atomic mass is 10.2. The zero-order valence-electron chi connectivity index (χ0n) is 10.8. The van der Waals surface area contributed by atoms with Crippen LogP contribution in [0.3, 0.4) is 0 Å². The van der Waals surface area contributed by atoms with Gasteiger partial charge in [-0.25, -0.2) is 0 Å². The van der Waals surface area contributed by atoms with E-state index in [1.807, 2.05) is 0 Å². The molecule has 1 amide bonds. The first-order chi connectivity index (χ1) is 8.24. The largest absolute Gasteiger partial charge is 0.490 e. The number of carbonyl (C=O) groups excluding carboxylic acids is 1. The Balaban J connectivity index is 3.21. The number of benzene rings is 1. The fraction of sp³-hybridized carbons (Fsp3) is 0.222. The second-order valence-corrected chi connectivity index (χ2v) is 2.62. The lowest BCUT2D eigenvalue weighted by molar-refractivity contribution is -0.385. The van der Waals surface area contributed by atoms with Crippen molar-refractivity contribution in [2.75, 3.05) is 14.1 Å². The molecule has 0 unspecified atom stereocenters. The van der Waals surface area contributed by atoms with Crippen LogP contribution in [0.4, 0.5) is 5.69 Å². The standard InChI is InChI=1S/C9H10N2O4/c1-10-9(12)6-3-4-8(15-2)7(5-6)11(13)14/h3-5H,1-2H3,(H,10,12)/i2D3. The molecule has 0 radical (unpaired) electrons. The Morgan fingerprint density at radius 1 is 1.67 bits per heavy atom. The number of nitrogens with zero attached hydrogens (tertiary/aromatic N) is 1. The van der Waals surface area contributed by atoms with Crippen LogP contribution in [0.2, 0.25) is 0 Å². The van der Waals surface area contributed by atoms with Crippen molar-refractivity contribution in [2.24, 2.45) is 0 Å². The molecule has 0 bridgehead atoms. The minimum atomic E-state index is -2.79. The quantitative estimate of drug-likeness (QED) is 0.599. The van der Waals surface area contributed by atoms with Gasteiger partial charge in [-0.05, 0) is 12.1 Å². The number of ether oxygens (including phenoxy) is 1. The summed E-state index contributed by atoms with van der Waals surface area (Å²) < 4.78 is 25.2. The lowest BCUT2D eigenvalue weighted by Crippen LogP contribution is -2.17. The number of nitro groups is 1. The molecule has 0 heterocycles. The maximum atomic E-state index is 11.3. The van der Waals surface area contributed by atoms with Crippen molar-refractivity contribution in [3.05, 3.63) is 33.9 Å². The van der Waals surface area contributed by atoms with Crippen molar-refractivity contribution in [3.8, 4) is 5.75 Å². The van der Waals surface area contributed by atoms with Gasteiger partial charge in [0, 0.05) is 18.7 Å². The fourth-order valence-corrected chi connectivity index (χ4v) is 1.03. The van der Waals surface area contributed by atoms with E-state index in [9.17, 15) is 14.9 Å². The topological polar surface area (TPSA) is 81.5 Å². The number of nitrogens with one attached hydrogen (secondary N) is 1. The van der Waals surface area contributed by atoms with Crippen LogP contribution in [-0.4, -0.2) is 24.9 Å². The highest BCUT2D eigenvalue weighted by atomic mass is 16.6. The molecule has 0 fully saturated rings. The van der Waals surface area contributed by atoms with Crippen molar-refractivity contribution in [2.45, 2.75) is 0 Å². The molecule has 15 heavy (non-hydrogen) atoms. The third kappa shape index (κ3) is 2.22. The monoisotopic (exact) mass is 213 g/mol. The highest BCUT2D eigenvalue weighted by molar-refractivity contribution is 5.94. The van der Waals surface area contributed by atoms with Gasteiger partial charge < -0.3 is 10.1 Å². The molecule has 6 heteroatoms. The Bertz CT molecular complexity index is 487. The second-order valence-electron chi connectivity index (χ2n) is 2.62. The smallest absolute Gasteiger partial charge is 0.311 e. The van der Waals surface area contributed by atoms with E-state index in [0.29, 0.717) is 0 Å². The lowest BCUT2D eigenvalue weighted by Gasteiger charge is -2.03. The van der Waals surface area contributed by atoms with Gasteiger partial charge in [-0.3, -0.25) is 14.9 Å². The Kier molecular flexibility index (Phi) is 2.12. The predicted molar refractivity (Wildman–Crippen MR) is 53.0 cm³/mol. The van der Waals surface area contributed by atoms with Gasteiger partial charge in [0.25, 0.3) is 5.91 Å². The highest BCUT2D eigenvalue weighted by Gasteiger charge is 2.17. The predicted octanol–water partition coefficient (Wildman–Crippen LogP) is 0.963. The summed E-state index contributed by atoms with van der Waals surface area (Å²) in [6.07, 6.45) is 0. The maximum Gasteiger partial charge on any atom is 0.311 e. The molecule has 1 N–H and O–H groups in total. The SMILES string of the molecule is [2H]C([2H])([2H])Oc1ccc(C(=O)NC)cc1[N+](=O)[O-]. The van der Waals surface area contributed by atoms with Crippen molar-refractivity contribution in [3.63, 3.8) is 0 Å². The Hall–Kier alpha value is -2.11. The van der Waals surface area contributed by atoms with Crippen molar-refractivity contribution < 1.29 is 18.6 Å². The van der Waals surface area contributed by atoms with Gasteiger partial charge >= 0.3 is 5.69 Å². The van der Waals surface area contributed by atoms with Crippen molar-refractivity contribution in [1.82, 2.24) is 5.32 Å². The van der Waals surface area contributed by atoms with Crippen LogP contribution in [-0.2, 0) is 0 Å². The number of amides is 1. The van der Waals surface area contributed by atoms with E-state index < -0.39 is 29.3 Å². The molecular formula is C9H10N2O4. The van der Waals surface area contributed by atoms with Crippen molar-refractivity contribution >= 4 is 11.6 Å². The fourth-order valence-electron chi connectivity index (χ4n) is 1.03. The first kappa shape index (κ1) is 7.22. The molecule has 0 aliphatic carbocycles. The summed E-state index contributed by atoms with van der Waals surface area (Å²) >= 11 is 0. The van der Waals surface area contributed by atoms with Crippen LogP contribution in [0.1, 0.15) is 14.5 Å². The Labute approximate surface area is 90.2 Å². The summed E-state index contributed by atoms with van der Waals surface area (Å²) in [5.74, 6) is -0.925. The third-order valence-electron chi connectivity index (χ3n) is 1.75. The second kappa shape index (κ2) is 4.41. The molecule has 1 rings (SSSR count). The summed E-state index contributed by atoms with van der Waals surface area (Å²) in [7, 11) is -1.42. The highest BCUT2D eigenvalue weighted by Crippen LogP contribution is 2.27. The van der Waals surface area contributed by atoms with Crippen LogP contribution in [0.15, 0.2) is 18.2 Å². The van der Waals surface area contributed by atoms with Crippen LogP contribution in [0.25, 0.3) is 0 Å². The van der Waals surface area contributed by atoms with Crippen molar-refractivity contribution in [1.29, 1.82) is 0 Å². The van der Waals surface area contributed by atoms with Gasteiger partial charge in [0.15, 0.2) is 5.75 Å². The van der Waals surface area contributed by atoms with Gasteiger partial charge in [0.2, 0.25) is 0 Å². The summed E-state index contributed by atoms with van der Waals surface area (Å²) in [6, 6.07) is 3.28. The van der Waals surface area contributed by atoms with Crippen LogP contribution >= 0.6 is 0 Å². The molecule has 0 aliphatic heterocycles. The van der Waals surface area contributed by atoms with E-state index >= 15 is 0 Å². The summed E-state index contributed by atoms with van der Waals surface area (Å²) in [5.41, 5.74) is -0.533. The molecule has 1 aromatic rings. The zero-order valence-corrected chi connectivity index (χ0v) is 7.81. The number of methoxy groups -OCH3 is 1. The van der Waals surface area contributed by atoms with Crippen LogP contribution in [0.5, 0.6) is 5.75 Å². The summed E-state index contributed by atoms with van der Waals surface area (Å²) in [4.78, 5) is 21.3.